The van der Waals surface area contributed by atoms with Crippen LogP contribution in [-0.4, -0.2) is 178 Å². The molecule has 2 aliphatic heterocycles. The minimum atomic E-state index is -0.653. The number of aryl methyl sites for hydroxylation is 3. The van der Waals surface area contributed by atoms with Gasteiger partial charge < -0.3 is 66.8 Å². The molecule has 0 aliphatic carbocycles. The van der Waals surface area contributed by atoms with Crippen LogP contribution >= 0.6 is 0 Å². The van der Waals surface area contributed by atoms with Crippen LogP contribution in [0.1, 0.15) is 96.0 Å². The first-order valence-corrected chi connectivity index (χ1v) is 25.5. The number of esters is 3. The molecule has 0 saturated heterocycles. The van der Waals surface area contributed by atoms with E-state index in [0.29, 0.717) is 120 Å². The van der Waals surface area contributed by atoms with Crippen molar-refractivity contribution in [3.63, 3.8) is 0 Å². The van der Waals surface area contributed by atoms with Gasteiger partial charge in [0.25, 0.3) is 0 Å². The smallest absolute Gasteiger partial charge is 0.340 e. The average Bonchev–Trinajstić information content (AvgIpc) is 4.08. The van der Waals surface area contributed by atoms with E-state index in [1.54, 1.807) is 21.3 Å². The Labute approximate surface area is 434 Å². The zero-order valence-electron chi connectivity index (χ0n) is 44.7. The molecule has 74 heavy (non-hydrogen) atoms. The van der Waals surface area contributed by atoms with E-state index in [1.807, 2.05) is 39.0 Å². The molecular weight excluding hydrogens is 957 g/mol. The van der Waals surface area contributed by atoms with Gasteiger partial charge in [-0.1, -0.05) is 26.5 Å². The number of nitrogens with zero attached hydrogens (tertiary/aromatic N) is 2. The fraction of sp³-hybridized carbons (Fsp3) is 0.582. The maximum atomic E-state index is 14.6. The summed E-state index contributed by atoms with van der Waals surface area (Å²) in [5.41, 5.74) is 10.4. The van der Waals surface area contributed by atoms with Gasteiger partial charge >= 0.3 is 17.9 Å². The van der Waals surface area contributed by atoms with Crippen molar-refractivity contribution in [1.29, 1.82) is 0 Å². The van der Waals surface area contributed by atoms with Crippen molar-refractivity contribution in [2.45, 2.75) is 72.1 Å². The van der Waals surface area contributed by atoms with Gasteiger partial charge in [-0.15, -0.1) is 0 Å². The Hall–Kier alpha value is -5.35. The van der Waals surface area contributed by atoms with E-state index in [4.69, 9.17) is 66.8 Å². The first-order chi connectivity index (χ1) is 36.0. The summed E-state index contributed by atoms with van der Waals surface area (Å²) in [5, 5.41) is 0. The zero-order valence-corrected chi connectivity index (χ0v) is 44.7. The molecule has 5 heterocycles. The minimum Gasteiger partial charge on any atom is -0.463 e. The van der Waals surface area contributed by atoms with Crippen LogP contribution in [0.25, 0.3) is 39.3 Å². The van der Waals surface area contributed by atoms with Crippen LogP contribution in [0.5, 0.6) is 0 Å². The summed E-state index contributed by atoms with van der Waals surface area (Å²) in [6.07, 6.45) is 2.55. The highest BCUT2D eigenvalue weighted by atomic mass is 16.6. The van der Waals surface area contributed by atoms with Crippen LogP contribution in [0.2, 0.25) is 0 Å². The summed E-state index contributed by atoms with van der Waals surface area (Å²) in [4.78, 5) is 60.0. The van der Waals surface area contributed by atoms with Crippen molar-refractivity contribution in [3.05, 3.63) is 75.4 Å². The van der Waals surface area contributed by atoms with Crippen molar-refractivity contribution >= 4 is 57.2 Å². The molecule has 0 amide bonds. The molecule has 19 heteroatoms. The molecule has 2 N–H and O–H groups in total. The fourth-order valence-corrected chi connectivity index (χ4v) is 8.71. The maximum Gasteiger partial charge on any atom is 0.340 e. The molecule has 5 rings (SSSR count). The Morgan fingerprint density at radius 2 is 1.09 bits per heavy atom. The van der Waals surface area contributed by atoms with Gasteiger partial charge in [0.05, 0.1) is 128 Å². The first-order valence-electron chi connectivity index (χ1n) is 25.5. The number of rotatable bonds is 35. The molecule has 8 bridgehead atoms. The minimum absolute atomic E-state index is 0.0276. The molecule has 408 valence electrons. The predicted molar refractivity (Wildman–Crippen MR) is 280 cm³/mol. The quantitative estimate of drug-likeness (QED) is 0.0346. The molecular formula is C55H78N4O15. The molecule has 0 fully saturated rings. The Morgan fingerprint density at radius 1 is 0.595 bits per heavy atom. The number of ether oxygens (including phenoxy) is 12. The molecule has 0 radical (unpaired) electrons. The van der Waals surface area contributed by atoms with Crippen molar-refractivity contribution in [1.82, 2.24) is 19.9 Å². The van der Waals surface area contributed by atoms with Crippen LogP contribution in [0, 0.1) is 13.8 Å². The third kappa shape index (κ3) is 17.4. The number of carbonyl (C=O) groups excluding carboxylic acids is 3. The van der Waals surface area contributed by atoms with Crippen LogP contribution < -0.4 is 0 Å². The lowest BCUT2D eigenvalue weighted by atomic mass is 9.84. The highest BCUT2D eigenvalue weighted by Gasteiger charge is 2.36. The molecule has 2 aliphatic rings. The summed E-state index contributed by atoms with van der Waals surface area (Å²) in [6, 6.07) is 6.02. The van der Waals surface area contributed by atoms with E-state index in [1.165, 1.54) is 0 Å². The van der Waals surface area contributed by atoms with Gasteiger partial charge in [0.2, 0.25) is 0 Å². The number of fused-ring (bicyclic) bond motifs is 8. The Balaban J connectivity index is 1.61. The van der Waals surface area contributed by atoms with E-state index < -0.39 is 23.8 Å². The summed E-state index contributed by atoms with van der Waals surface area (Å²) >= 11 is 0. The van der Waals surface area contributed by atoms with E-state index in [2.05, 4.69) is 36.5 Å². The number of carbonyl (C=O) groups is 3. The van der Waals surface area contributed by atoms with Gasteiger partial charge in [-0.3, -0.25) is 14.6 Å². The SMILES string of the molecule is C=Cc1c(C)c2cc3nc(c(CC(=O)OCCOCCOCCOC)c4nc(cc5[nH]c(cc1[nH]2)c(C)c5CC)C(C)=C4C(=O)OCCOCCOCCOC)[C@@H](CCC(=O)OCCOCCOCCOC)[C@@H]3C. The highest BCUT2D eigenvalue weighted by Crippen LogP contribution is 2.44. The van der Waals surface area contributed by atoms with Gasteiger partial charge in [-0.05, 0) is 74.1 Å². The number of methoxy groups -OCH3 is 3. The van der Waals surface area contributed by atoms with Gasteiger partial charge in [-0.25, -0.2) is 9.78 Å². The molecule has 3 aromatic rings. The largest absolute Gasteiger partial charge is 0.463 e. The predicted octanol–water partition coefficient (Wildman–Crippen LogP) is 6.95. The number of hydrogen-bond donors (Lipinski definition) is 2. The molecule has 3 aromatic heterocycles. The second kappa shape index (κ2) is 32.2. The van der Waals surface area contributed by atoms with Gasteiger partial charge in [0.1, 0.15) is 19.8 Å². The third-order valence-electron chi connectivity index (χ3n) is 12.8. The lowest BCUT2D eigenvalue weighted by molar-refractivity contribution is -0.146. The molecule has 0 spiro atoms. The Morgan fingerprint density at radius 3 is 1.64 bits per heavy atom. The second-order valence-corrected chi connectivity index (χ2v) is 17.6. The van der Waals surface area contributed by atoms with Crippen molar-refractivity contribution < 1.29 is 71.2 Å². The van der Waals surface area contributed by atoms with E-state index >= 15 is 0 Å². The van der Waals surface area contributed by atoms with E-state index in [-0.39, 0.29) is 69.7 Å². The van der Waals surface area contributed by atoms with Gasteiger partial charge in [0.15, 0.2) is 0 Å². The molecule has 2 atom stereocenters. The molecule has 19 nitrogen and oxygen atoms in total. The van der Waals surface area contributed by atoms with Crippen LogP contribution in [0.3, 0.4) is 0 Å². The van der Waals surface area contributed by atoms with Gasteiger partial charge in [-0.2, -0.15) is 0 Å². The average molecular weight is 1040 g/mol. The standard InChI is InChI=1S/C55H78N4O15/c1-10-40-36(3)44-33-46-38(5)42(12-13-50(60)72-29-26-69-23-20-66-17-14-63-7)53(58-46)43(32-51(61)73-30-27-70-24-21-67-18-15-64-8)54-52(55(62)74-31-28-71-25-22-68-19-16-65-9)39(6)47(59-54)35-49-41(11-2)37(4)45(57-49)34-48(40)56-44/h10,33-35,38,42,56-57H,1,11-32H2,2-9H3/t38-,42-/m0/s1. The zero-order chi connectivity index (χ0) is 53.2. The van der Waals surface area contributed by atoms with Crippen molar-refractivity contribution in [2.24, 2.45) is 0 Å². The first kappa shape index (κ1) is 59.5. The van der Waals surface area contributed by atoms with Crippen LogP contribution in [-0.2, 0) is 84.1 Å². The number of aromatic nitrogens is 4. The van der Waals surface area contributed by atoms with Crippen LogP contribution in [0.15, 0.2) is 24.8 Å². The summed E-state index contributed by atoms with van der Waals surface area (Å²) in [6.45, 7) is 19.4. The lowest BCUT2D eigenvalue weighted by Crippen LogP contribution is -2.19. The number of hydrogen-bond acceptors (Lipinski definition) is 17. The second-order valence-electron chi connectivity index (χ2n) is 17.6. The fourth-order valence-electron chi connectivity index (χ4n) is 8.71. The summed E-state index contributed by atoms with van der Waals surface area (Å²) in [5.74, 6) is -2.39. The summed E-state index contributed by atoms with van der Waals surface area (Å²) in [7, 11) is 4.81. The Bertz CT molecular complexity index is 2500. The van der Waals surface area contributed by atoms with Crippen molar-refractivity contribution in [2.75, 3.05) is 140 Å². The molecule has 0 saturated carbocycles. The maximum absolute atomic E-state index is 14.6. The highest BCUT2D eigenvalue weighted by molar-refractivity contribution is 6.25. The lowest BCUT2D eigenvalue weighted by Gasteiger charge is -2.19. The van der Waals surface area contributed by atoms with E-state index in [9.17, 15) is 14.4 Å². The number of allylic oxidation sites excluding steroid dienone is 1. The number of H-pyrrole nitrogens is 2. The van der Waals surface area contributed by atoms with E-state index in [0.717, 1.165) is 44.3 Å². The third-order valence-corrected chi connectivity index (χ3v) is 12.8. The normalized spacial score (nSPS) is 14.4. The monoisotopic (exact) mass is 1030 g/mol. The van der Waals surface area contributed by atoms with Crippen LogP contribution in [0.4, 0.5) is 0 Å². The molecule has 0 unspecified atom stereocenters. The summed E-state index contributed by atoms with van der Waals surface area (Å²) < 4.78 is 65.8. The Kier molecular flexibility index (Phi) is 25.9. The van der Waals surface area contributed by atoms with Gasteiger partial charge in [0, 0.05) is 78.5 Å². The number of nitrogens with one attached hydrogen (secondary N) is 2. The topological polar surface area (TPSA) is 219 Å². The van der Waals surface area contributed by atoms with Crippen molar-refractivity contribution in [3.8, 4) is 0 Å². The number of aromatic amines is 2. The molecule has 0 aromatic carbocycles.